The number of likely N-dealkylation sites (N-methyl/N-ethyl adjacent to an activating group) is 2. The molecule has 5 aliphatic heterocycles. The lowest BCUT2D eigenvalue weighted by Gasteiger charge is -2.42. The second-order valence-corrected chi connectivity index (χ2v) is 27.2. The second kappa shape index (κ2) is 39.8. The second-order valence-electron chi connectivity index (χ2n) is 26.4. The van der Waals surface area contributed by atoms with Gasteiger partial charge < -0.3 is 73.2 Å². The number of piperidine rings is 1. The van der Waals surface area contributed by atoms with Crippen LogP contribution in [0.2, 0.25) is 10.0 Å². The lowest BCUT2D eigenvalue weighted by molar-refractivity contribution is -0.137. The summed E-state index contributed by atoms with van der Waals surface area (Å²) < 4.78 is 40.6. The zero-order valence-corrected chi connectivity index (χ0v) is 60.0. The zero-order valence-electron chi connectivity index (χ0n) is 58.5. The van der Waals surface area contributed by atoms with Gasteiger partial charge in [0.1, 0.15) is 18.5 Å². The van der Waals surface area contributed by atoms with Crippen LogP contribution in [-0.4, -0.2) is 223 Å². The van der Waals surface area contributed by atoms with Crippen molar-refractivity contribution in [1.82, 2.24) is 40.2 Å². The number of hydrogen-bond acceptors (Lipinski definition) is 19. The Morgan fingerprint density at radius 2 is 1.46 bits per heavy atom. The SMILES string of the molecule is CN(C/C=C/C(=O)N1CCN(c2nc(OC[C@@H]3CCCN3C)nc3c2CCN(c2cccc4cccc(Cl)c24)C3)C[C@@H]1CC#N)CCOCCOCCOCCOCCOCCOCCCCCCCCc1cc(Cl)cc(NC(=O)NCc2ccc3c(c2)CN(C2CCC(=O)NC2=O)C3=O)c1. The highest BCUT2D eigenvalue weighted by atomic mass is 35.5. The standard InChI is InChI=1S/C75H98Cl2N12O12/c1-84(27-12-19-69(91)88-31-30-87(51-60(88)24-26-78)71-63-25-29-86(66-18-10-15-56-14-9-17-64(77)70(56)66)52-65(63)81-75(83-71)101-53-61-16-11-28-85(61)2)32-34-96-36-38-98-40-42-100-44-43-99-41-39-97-37-35-95-33-8-6-4-3-5-7-13-54-46-58(76)48-59(47-54)80-74(94)79-49-55-20-21-62-57(45-55)50-89(73(62)93)67-22-23-68(90)82-72(67)92/h9-10,12,14-15,17-21,45-48,60-61,67H,3-8,11,13,16,22-25,27-44,49-53H2,1-2H3,(H2,79,80,94)(H,82,90,92)/b19-12+/t60-,61-,67?/m0/s1. The number of hydrogen-bond donors (Lipinski definition) is 3. The number of amides is 6. The number of carbonyl (C=O) groups excluding carboxylic acids is 5. The van der Waals surface area contributed by atoms with Crippen molar-refractivity contribution in [1.29, 1.82) is 5.26 Å². The minimum atomic E-state index is -0.681. The quantitative estimate of drug-likeness (QED) is 0.0188. The van der Waals surface area contributed by atoms with Gasteiger partial charge in [-0.05, 0) is 124 Å². The van der Waals surface area contributed by atoms with Crippen LogP contribution in [0.5, 0.6) is 6.01 Å². The Morgan fingerprint density at radius 1 is 0.743 bits per heavy atom. The number of fused-ring (bicyclic) bond motifs is 3. The average molecular weight is 1430 g/mol. The molecule has 544 valence electrons. The van der Waals surface area contributed by atoms with Gasteiger partial charge in [-0.2, -0.15) is 15.2 Å². The topological polar surface area (TPSA) is 255 Å². The first-order valence-corrected chi connectivity index (χ1v) is 36.5. The molecule has 3 N–H and O–H groups in total. The van der Waals surface area contributed by atoms with Gasteiger partial charge in [0.05, 0.1) is 108 Å². The first kappa shape index (κ1) is 76.1. The molecule has 0 aliphatic carbocycles. The third kappa shape index (κ3) is 22.7. The molecular weight excluding hydrogens is 1330 g/mol. The van der Waals surface area contributed by atoms with E-state index < -0.39 is 11.9 Å². The van der Waals surface area contributed by atoms with Crippen molar-refractivity contribution in [3.8, 4) is 12.1 Å². The summed E-state index contributed by atoms with van der Waals surface area (Å²) in [7, 11) is 4.12. The fourth-order valence-corrected chi connectivity index (χ4v) is 14.1. The average Bonchev–Trinajstić information content (AvgIpc) is 1.07. The fourth-order valence-electron chi connectivity index (χ4n) is 13.6. The summed E-state index contributed by atoms with van der Waals surface area (Å²) in [5.74, 6) is -0.305. The number of rotatable bonds is 40. The lowest BCUT2D eigenvalue weighted by Crippen LogP contribution is -2.55. The van der Waals surface area contributed by atoms with Gasteiger partial charge in [-0.25, -0.2) is 4.79 Å². The minimum Gasteiger partial charge on any atom is -0.462 e. The van der Waals surface area contributed by atoms with Crippen molar-refractivity contribution in [2.45, 2.75) is 121 Å². The first-order valence-electron chi connectivity index (χ1n) is 35.8. The van der Waals surface area contributed by atoms with Gasteiger partial charge >= 0.3 is 12.0 Å². The molecule has 6 amide bonds. The molecule has 3 atom stereocenters. The number of urea groups is 1. The summed E-state index contributed by atoms with van der Waals surface area (Å²) in [6.45, 7) is 12.1. The van der Waals surface area contributed by atoms with Crippen LogP contribution in [0.3, 0.4) is 0 Å². The van der Waals surface area contributed by atoms with Crippen molar-refractivity contribution >= 4 is 80.8 Å². The number of imide groups is 1. The van der Waals surface area contributed by atoms with Gasteiger partial charge in [-0.1, -0.05) is 91.4 Å². The molecule has 0 saturated carbocycles. The van der Waals surface area contributed by atoms with Crippen LogP contribution in [0.1, 0.15) is 109 Å². The van der Waals surface area contributed by atoms with Gasteiger partial charge in [0, 0.05) is 110 Å². The molecule has 0 bridgehead atoms. The number of aromatic nitrogens is 2. The van der Waals surface area contributed by atoms with E-state index >= 15 is 0 Å². The molecule has 3 saturated heterocycles. The molecular formula is C75H98Cl2N12O12. The van der Waals surface area contributed by atoms with Crippen LogP contribution in [0, 0.1) is 11.3 Å². The number of aryl methyl sites for hydroxylation is 1. The number of nitrogens with one attached hydrogen (secondary N) is 3. The molecule has 1 aromatic heterocycles. The molecule has 3 fully saturated rings. The number of likely N-dealkylation sites (tertiary alicyclic amines) is 1. The predicted octanol–water partition coefficient (Wildman–Crippen LogP) is 9.16. The third-order valence-electron chi connectivity index (χ3n) is 19.1. The Balaban J connectivity index is 0.499. The smallest absolute Gasteiger partial charge is 0.319 e. The first-order chi connectivity index (χ1) is 49.3. The maximum absolute atomic E-state index is 13.7. The number of nitrogens with zero attached hydrogens (tertiary/aromatic N) is 9. The molecule has 26 heteroatoms. The molecule has 6 heterocycles. The summed E-state index contributed by atoms with van der Waals surface area (Å²) in [6.07, 6.45) is 14.4. The molecule has 0 radical (unpaired) electrons. The number of unbranched alkanes of at least 4 members (excludes halogenated alkanes) is 5. The van der Waals surface area contributed by atoms with Crippen molar-refractivity contribution in [2.24, 2.45) is 0 Å². The number of carbonyl (C=O) groups is 5. The predicted molar refractivity (Wildman–Crippen MR) is 388 cm³/mol. The largest absolute Gasteiger partial charge is 0.462 e. The molecule has 10 rings (SSSR count). The highest BCUT2D eigenvalue weighted by Gasteiger charge is 2.40. The summed E-state index contributed by atoms with van der Waals surface area (Å²) in [4.78, 5) is 86.1. The normalized spacial score (nSPS) is 17.9. The summed E-state index contributed by atoms with van der Waals surface area (Å²) in [6, 6.07) is 24.9. The molecule has 5 aliphatic rings. The van der Waals surface area contributed by atoms with Crippen molar-refractivity contribution in [3.63, 3.8) is 0 Å². The maximum Gasteiger partial charge on any atom is 0.319 e. The molecule has 4 aromatic carbocycles. The molecule has 5 aromatic rings. The van der Waals surface area contributed by atoms with E-state index in [1.807, 2.05) is 48.4 Å². The van der Waals surface area contributed by atoms with Crippen LogP contribution >= 0.6 is 23.2 Å². The summed E-state index contributed by atoms with van der Waals surface area (Å²) in [5, 5.41) is 21.4. The van der Waals surface area contributed by atoms with Crippen LogP contribution in [0.4, 0.5) is 22.0 Å². The van der Waals surface area contributed by atoms with Crippen LogP contribution in [0.15, 0.2) is 84.9 Å². The van der Waals surface area contributed by atoms with E-state index in [0.717, 1.165) is 128 Å². The summed E-state index contributed by atoms with van der Waals surface area (Å²) in [5.41, 5.74) is 6.83. The number of benzene rings is 4. The van der Waals surface area contributed by atoms with Crippen LogP contribution in [0.25, 0.3) is 10.8 Å². The van der Waals surface area contributed by atoms with E-state index in [2.05, 4.69) is 72.9 Å². The Kier molecular flexibility index (Phi) is 30.0. The molecule has 1 unspecified atom stereocenters. The van der Waals surface area contributed by atoms with Crippen molar-refractivity contribution < 1.29 is 57.1 Å². The van der Waals surface area contributed by atoms with Crippen LogP contribution < -0.4 is 30.5 Å². The number of piperazine rings is 1. The fraction of sp³-hybridized carbons (Fsp3) is 0.547. The Morgan fingerprint density at radius 3 is 2.18 bits per heavy atom. The zero-order chi connectivity index (χ0) is 70.7. The van der Waals surface area contributed by atoms with Crippen LogP contribution in [-0.2, 0) is 75.3 Å². The molecule has 101 heavy (non-hydrogen) atoms. The Bertz CT molecular complexity index is 3650. The highest BCUT2D eigenvalue weighted by molar-refractivity contribution is 6.36. The van der Waals surface area contributed by atoms with E-state index in [4.69, 9.17) is 66.3 Å². The van der Waals surface area contributed by atoms with Crippen molar-refractivity contribution in [2.75, 3.05) is 161 Å². The van der Waals surface area contributed by atoms with E-state index in [9.17, 15) is 29.2 Å². The van der Waals surface area contributed by atoms with E-state index in [0.29, 0.717) is 165 Å². The third-order valence-corrected chi connectivity index (χ3v) is 19.6. The van der Waals surface area contributed by atoms with Crippen molar-refractivity contribution in [3.05, 3.63) is 129 Å². The van der Waals surface area contributed by atoms with E-state index in [1.165, 1.54) is 4.90 Å². The van der Waals surface area contributed by atoms with Gasteiger partial charge in [-0.15, -0.1) is 0 Å². The monoisotopic (exact) mass is 1430 g/mol. The highest BCUT2D eigenvalue weighted by Crippen LogP contribution is 2.38. The van der Waals surface area contributed by atoms with Gasteiger partial charge in [0.25, 0.3) is 5.91 Å². The molecule has 0 spiro atoms. The number of ether oxygens (including phenoxy) is 7. The number of halogens is 2. The van der Waals surface area contributed by atoms with E-state index in [1.54, 1.807) is 24.3 Å². The molecule has 24 nitrogen and oxygen atoms in total. The minimum absolute atomic E-state index is 0.111. The Hall–Kier alpha value is -7.54. The number of anilines is 3. The van der Waals surface area contributed by atoms with Gasteiger partial charge in [0.15, 0.2) is 0 Å². The van der Waals surface area contributed by atoms with E-state index in [-0.39, 0.29) is 55.7 Å². The summed E-state index contributed by atoms with van der Waals surface area (Å²) >= 11 is 13.2. The maximum atomic E-state index is 13.7. The Labute approximate surface area is 603 Å². The van der Waals surface area contributed by atoms with Gasteiger partial charge in [0.2, 0.25) is 17.7 Å². The number of nitriles is 1. The van der Waals surface area contributed by atoms with Gasteiger partial charge in [-0.3, -0.25) is 24.5 Å². The lowest BCUT2D eigenvalue weighted by atomic mass is 10.0.